The fourth-order valence-electron chi connectivity index (χ4n) is 1.66. The van der Waals surface area contributed by atoms with Gasteiger partial charge in [0, 0.05) is 16.2 Å². The zero-order chi connectivity index (χ0) is 13.8. The van der Waals surface area contributed by atoms with E-state index in [9.17, 15) is 13.9 Å². The third kappa shape index (κ3) is 3.55. The first-order chi connectivity index (χ1) is 9.08. The first-order valence-electron chi connectivity index (χ1n) is 5.91. The van der Waals surface area contributed by atoms with E-state index in [2.05, 4.69) is 0 Å². The predicted molar refractivity (Wildman–Crippen MR) is 73.0 cm³/mol. The Hall–Kier alpha value is -1.39. The van der Waals surface area contributed by atoms with Gasteiger partial charge in [0.25, 0.3) is 0 Å². The number of aliphatic hydroxyl groups is 1. The largest absolute Gasteiger partial charge is 0.389 e. The minimum absolute atomic E-state index is 0.351. The van der Waals surface area contributed by atoms with E-state index < -0.39 is 17.7 Å². The topological polar surface area (TPSA) is 20.2 Å². The molecule has 0 spiro atoms. The Morgan fingerprint density at radius 1 is 1.11 bits per heavy atom. The summed E-state index contributed by atoms with van der Waals surface area (Å²) < 4.78 is 26.5. The van der Waals surface area contributed by atoms with Crippen molar-refractivity contribution in [2.75, 3.05) is 0 Å². The van der Waals surface area contributed by atoms with Crippen LogP contribution in [0.15, 0.2) is 47.4 Å². The maximum atomic E-state index is 13.5. The standard InChI is InChI=1S/C15H14F2OS/c1-10(18)11-5-7-13(8-6-11)19-9-12-3-2-4-14(16)15(12)17/h2-8,10,18H,9H2,1H3. The van der Waals surface area contributed by atoms with Crippen LogP contribution in [0.3, 0.4) is 0 Å². The van der Waals surface area contributed by atoms with Gasteiger partial charge in [-0.15, -0.1) is 11.8 Å². The zero-order valence-electron chi connectivity index (χ0n) is 10.4. The van der Waals surface area contributed by atoms with Crippen molar-refractivity contribution in [3.63, 3.8) is 0 Å². The molecule has 0 heterocycles. The maximum absolute atomic E-state index is 13.5. The molecule has 0 bridgehead atoms. The molecule has 0 saturated heterocycles. The van der Waals surface area contributed by atoms with Crippen molar-refractivity contribution in [2.45, 2.75) is 23.7 Å². The summed E-state index contributed by atoms with van der Waals surface area (Å²) in [6.45, 7) is 1.70. The third-order valence-electron chi connectivity index (χ3n) is 2.79. The van der Waals surface area contributed by atoms with Gasteiger partial charge in [-0.2, -0.15) is 0 Å². The molecule has 19 heavy (non-hydrogen) atoms. The first-order valence-corrected chi connectivity index (χ1v) is 6.90. The number of rotatable bonds is 4. The van der Waals surface area contributed by atoms with Gasteiger partial charge >= 0.3 is 0 Å². The van der Waals surface area contributed by atoms with E-state index in [1.807, 2.05) is 24.3 Å². The van der Waals surface area contributed by atoms with Crippen molar-refractivity contribution in [1.82, 2.24) is 0 Å². The number of hydrogen-bond acceptors (Lipinski definition) is 2. The second-order valence-corrected chi connectivity index (χ2v) is 5.30. The molecule has 0 aliphatic carbocycles. The van der Waals surface area contributed by atoms with Gasteiger partial charge in [-0.1, -0.05) is 24.3 Å². The highest BCUT2D eigenvalue weighted by atomic mass is 32.2. The Bertz CT molecular complexity index is 553. The number of aliphatic hydroxyl groups excluding tert-OH is 1. The van der Waals surface area contributed by atoms with Crippen molar-refractivity contribution in [3.8, 4) is 0 Å². The lowest BCUT2D eigenvalue weighted by Crippen LogP contribution is -1.92. The second-order valence-electron chi connectivity index (χ2n) is 4.25. The molecular formula is C15H14F2OS. The molecule has 2 aromatic rings. The summed E-state index contributed by atoms with van der Waals surface area (Å²) in [6.07, 6.45) is -0.500. The van der Waals surface area contributed by atoms with E-state index in [-0.39, 0.29) is 0 Å². The van der Waals surface area contributed by atoms with E-state index in [0.29, 0.717) is 11.3 Å². The van der Waals surface area contributed by atoms with Crippen LogP contribution in [0.25, 0.3) is 0 Å². The molecule has 1 unspecified atom stereocenters. The molecule has 2 rings (SSSR count). The Labute approximate surface area is 115 Å². The van der Waals surface area contributed by atoms with Crippen LogP contribution in [0, 0.1) is 11.6 Å². The Morgan fingerprint density at radius 3 is 2.42 bits per heavy atom. The van der Waals surface area contributed by atoms with E-state index >= 15 is 0 Å². The number of benzene rings is 2. The molecule has 1 N–H and O–H groups in total. The van der Waals surface area contributed by atoms with E-state index in [1.54, 1.807) is 13.0 Å². The Kier molecular flexibility index (Phi) is 4.56. The van der Waals surface area contributed by atoms with Crippen LogP contribution in [0.1, 0.15) is 24.2 Å². The van der Waals surface area contributed by atoms with Gasteiger partial charge < -0.3 is 5.11 Å². The summed E-state index contributed by atoms with van der Waals surface area (Å²) in [5, 5.41) is 9.39. The number of halogens is 2. The predicted octanol–water partition coefficient (Wildman–Crippen LogP) is 4.31. The molecule has 0 radical (unpaired) electrons. The van der Waals surface area contributed by atoms with Crippen molar-refractivity contribution >= 4 is 11.8 Å². The molecular weight excluding hydrogens is 266 g/mol. The van der Waals surface area contributed by atoms with Gasteiger partial charge in [-0.25, -0.2) is 8.78 Å². The molecule has 0 amide bonds. The van der Waals surface area contributed by atoms with Gasteiger partial charge in [-0.05, 0) is 30.7 Å². The normalized spacial score (nSPS) is 12.4. The van der Waals surface area contributed by atoms with Gasteiger partial charge in [0.15, 0.2) is 11.6 Å². The van der Waals surface area contributed by atoms with E-state index in [1.165, 1.54) is 17.8 Å². The maximum Gasteiger partial charge on any atom is 0.162 e. The first kappa shape index (κ1) is 14.0. The fraction of sp³-hybridized carbons (Fsp3) is 0.200. The summed E-state index contributed by atoms with van der Waals surface area (Å²) >= 11 is 1.43. The SMILES string of the molecule is CC(O)c1ccc(SCc2cccc(F)c2F)cc1. The highest BCUT2D eigenvalue weighted by Gasteiger charge is 2.08. The highest BCUT2D eigenvalue weighted by Crippen LogP contribution is 2.26. The summed E-state index contributed by atoms with van der Waals surface area (Å²) in [7, 11) is 0. The quantitative estimate of drug-likeness (QED) is 0.842. The molecule has 0 aliphatic heterocycles. The van der Waals surface area contributed by atoms with E-state index in [0.717, 1.165) is 16.5 Å². The van der Waals surface area contributed by atoms with Gasteiger partial charge in [0.1, 0.15) is 0 Å². The van der Waals surface area contributed by atoms with Crippen molar-refractivity contribution in [3.05, 3.63) is 65.2 Å². The molecule has 100 valence electrons. The number of hydrogen-bond donors (Lipinski definition) is 1. The van der Waals surface area contributed by atoms with Gasteiger partial charge in [-0.3, -0.25) is 0 Å². The fourth-order valence-corrected chi connectivity index (χ4v) is 2.54. The molecule has 0 aliphatic rings. The summed E-state index contributed by atoms with van der Waals surface area (Å²) in [5.41, 5.74) is 1.19. The molecule has 2 aromatic carbocycles. The van der Waals surface area contributed by atoms with Gasteiger partial charge in [0.05, 0.1) is 6.10 Å². The highest BCUT2D eigenvalue weighted by molar-refractivity contribution is 7.98. The van der Waals surface area contributed by atoms with Crippen molar-refractivity contribution in [1.29, 1.82) is 0 Å². The van der Waals surface area contributed by atoms with Crippen LogP contribution in [0.5, 0.6) is 0 Å². The summed E-state index contributed by atoms with van der Waals surface area (Å²) in [4.78, 5) is 0.952. The molecule has 1 atom stereocenters. The van der Waals surface area contributed by atoms with Crippen LogP contribution in [-0.4, -0.2) is 5.11 Å². The summed E-state index contributed by atoms with van der Waals surface area (Å²) in [5.74, 6) is -1.23. The minimum atomic E-state index is -0.817. The van der Waals surface area contributed by atoms with Crippen LogP contribution in [0.4, 0.5) is 8.78 Å². The Morgan fingerprint density at radius 2 is 1.79 bits per heavy atom. The number of thioether (sulfide) groups is 1. The van der Waals surface area contributed by atoms with Crippen LogP contribution in [0.2, 0.25) is 0 Å². The van der Waals surface area contributed by atoms with Crippen molar-refractivity contribution < 1.29 is 13.9 Å². The lowest BCUT2D eigenvalue weighted by molar-refractivity contribution is 0.199. The smallest absolute Gasteiger partial charge is 0.162 e. The van der Waals surface area contributed by atoms with Crippen LogP contribution < -0.4 is 0 Å². The monoisotopic (exact) mass is 280 g/mol. The van der Waals surface area contributed by atoms with Crippen LogP contribution in [-0.2, 0) is 5.75 Å². The average molecular weight is 280 g/mol. The zero-order valence-corrected chi connectivity index (χ0v) is 11.3. The lowest BCUT2D eigenvalue weighted by atomic mass is 10.1. The molecule has 0 fully saturated rings. The van der Waals surface area contributed by atoms with Crippen LogP contribution >= 0.6 is 11.8 Å². The molecule has 1 nitrogen and oxygen atoms in total. The molecule has 4 heteroatoms. The van der Waals surface area contributed by atoms with Crippen molar-refractivity contribution in [2.24, 2.45) is 0 Å². The van der Waals surface area contributed by atoms with Gasteiger partial charge in [0.2, 0.25) is 0 Å². The Balaban J connectivity index is 2.04. The van der Waals surface area contributed by atoms with E-state index in [4.69, 9.17) is 0 Å². The minimum Gasteiger partial charge on any atom is -0.389 e. The lowest BCUT2D eigenvalue weighted by Gasteiger charge is -2.07. The molecule has 0 aromatic heterocycles. The molecule has 0 saturated carbocycles. The second kappa shape index (κ2) is 6.17. The summed E-state index contributed by atoms with van der Waals surface area (Å²) in [6, 6.07) is 11.6. The third-order valence-corrected chi connectivity index (χ3v) is 3.85. The average Bonchev–Trinajstić information content (AvgIpc) is 2.41.